The molecule has 0 aromatic carbocycles. The van der Waals surface area contributed by atoms with Crippen LogP contribution in [0.2, 0.25) is 0 Å². The molecule has 1 heterocycles. The highest BCUT2D eigenvalue weighted by Gasteiger charge is 2.67. The summed E-state index contributed by atoms with van der Waals surface area (Å²) in [5, 5.41) is 10.2. The summed E-state index contributed by atoms with van der Waals surface area (Å²) in [5.41, 5.74) is 3.02. The van der Waals surface area contributed by atoms with Gasteiger partial charge in [0.15, 0.2) is 0 Å². The van der Waals surface area contributed by atoms with E-state index in [1.54, 1.807) is 5.57 Å². The van der Waals surface area contributed by atoms with E-state index in [0.29, 0.717) is 11.8 Å². The topological polar surface area (TPSA) is 49.8 Å². The normalized spacial score (nSPS) is 47.2. The van der Waals surface area contributed by atoms with Crippen LogP contribution >= 0.6 is 0 Å². The van der Waals surface area contributed by atoms with E-state index in [2.05, 4.69) is 32.9 Å². The summed E-state index contributed by atoms with van der Waals surface area (Å²) in [6, 6.07) is 0. The number of aliphatic hydroxyl groups excluding tert-OH is 1. The zero-order chi connectivity index (χ0) is 19.7. The maximum Gasteiger partial charge on any atom is 0.410 e. The van der Waals surface area contributed by atoms with Gasteiger partial charge in [-0.25, -0.2) is 4.79 Å². The minimum atomic E-state index is -0.302. The lowest BCUT2D eigenvalue weighted by Crippen LogP contribution is -2.53. The number of nitrogens with zero attached hydrogens (tertiary/aromatic N) is 1. The van der Waals surface area contributed by atoms with Crippen molar-refractivity contribution in [3.8, 4) is 0 Å². The molecule has 154 valence electrons. The van der Waals surface area contributed by atoms with E-state index in [1.807, 2.05) is 4.90 Å². The third kappa shape index (κ3) is 2.30. The SMILES string of the molecule is CCCN1C[C@@]2(CC[C@H]3C4=CC=C5C[C@@H](O)CC[C@]5(C)[C@H]4CC[C@@]32C)OC1=O. The highest BCUT2D eigenvalue weighted by atomic mass is 16.6. The molecule has 4 fully saturated rings. The number of carbonyl (C=O) groups excluding carboxylic acids is 1. The van der Waals surface area contributed by atoms with E-state index < -0.39 is 0 Å². The summed E-state index contributed by atoms with van der Waals surface area (Å²) in [7, 11) is 0. The molecule has 4 heteroatoms. The summed E-state index contributed by atoms with van der Waals surface area (Å²) >= 11 is 0. The Bertz CT molecular complexity index is 757. The van der Waals surface area contributed by atoms with Gasteiger partial charge in [-0.15, -0.1) is 0 Å². The van der Waals surface area contributed by atoms with Crippen LogP contribution in [0.3, 0.4) is 0 Å². The van der Waals surface area contributed by atoms with E-state index >= 15 is 0 Å². The fourth-order valence-corrected chi connectivity index (χ4v) is 7.58. The first-order chi connectivity index (χ1) is 13.3. The van der Waals surface area contributed by atoms with Crippen molar-refractivity contribution in [1.82, 2.24) is 4.90 Å². The van der Waals surface area contributed by atoms with Gasteiger partial charge in [0.05, 0.1) is 12.6 Å². The Balaban J connectivity index is 1.48. The molecule has 1 N–H and O–H groups in total. The molecule has 1 saturated heterocycles. The summed E-state index contributed by atoms with van der Waals surface area (Å²) in [4.78, 5) is 14.5. The van der Waals surface area contributed by atoms with Crippen molar-refractivity contribution in [2.45, 2.75) is 83.8 Å². The third-order valence-electron chi connectivity index (χ3n) is 9.32. The van der Waals surface area contributed by atoms with Crippen LogP contribution in [0, 0.1) is 22.7 Å². The molecule has 0 aromatic heterocycles. The van der Waals surface area contributed by atoms with E-state index in [1.165, 1.54) is 12.0 Å². The maximum atomic E-state index is 12.6. The Labute approximate surface area is 169 Å². The standard InChI is InChI=1S/C24H35NO3/c1-4-13-25-15-24(28-21(25)27)12-9-20-18-6-5-16-14-17(26)7-10-22(16,2)19(18)8-11-23(20,24)3/h5-6,17,19-20,26H,4,7-15H2,1-3H3/t17-,19-,20-,22-,23-,24+/m0/s1. The third-order valence-corrected chi connectivity index (χ3v) is 9.32. The molecule has 0 aromatic rings. The monoisotopic (exact) mass is 385 g/mol. The molecule has 0 radical (unpaired) electrons. The molecule has 4 aliphatic carbocycles. The molecule has 1 amide bonds. The lowest BCUT2D eigenvalue weighted by atomic mass is 9.50. The first-order valence-corrected chi connectivity index (χ1v) is 11.4. The lowest BCUT2D eigenvalue weighted by molar-refractivity contribution is -0.0626. The van der Waals surface area contributed by atoms with Crippen LogP contribution in [-0.2, 0) is 4.74 Å². The van der Waals surface area contributed by atoms with Gasteiger partial charge in [-0.3, -0.25) is 0 Å². The zero-order valence-corrected chi connectivity index (χ0v) is 17.7. The van der Waals surface area contributed by atoms with Gasteiger partial charge in [-0.2, -0.15) is 0 Å². The Morgan fingerprint density at radius 1 is 1.14 bits per heavy atom. The second-order valence-electron chi connectivity index (χ2n) is 10.6. The van der Waals surface area contributed by atoms with Gasteiger partial charge in [0, 0.05) is 12.0 Å². The van der Waals surface area contributed by atoms with Crippen LogP contribution in [0.5, 0.6) is 0 Å². The average Bonchev–Trinajstić information content (AvgIpc) is 3.13. The van der Waals surface area contributed by atoms with E-state index in [9.17, 15) is 9.90 Å². The molecular weight excluding hydrogens is 350 g/mol. The summed E-state index contributed by atoms with van der Waals surface area (Å²) in [6.07, 6.45) is 12.7. The van der Waals surface area contributed by atoms with Gasteiger partial charge in [0.1, 0.15) is 5.60 Å². The number of hydrogen-bond acceptors (Lipinski definition) is 3. The highest BCUT2D eigenvalue weighted by Crippen LogP contribution is 2.67. The second-order valence-corrected chi connectivity index (χ2v) is 10.6. The average molecular weight is 386 g/mol. The number of hydrogen-bond donors (Lipinski definition) is 1. The van der Waals surface area contributed by atoms with Crippen LogP contribution in [0.4, 0.5) is 4.79 Å². The zero-order valence-electron chi connectivity index (χ0n) is 17.7. The Morgan fingerprint density at radius 3 is 2.71 bits per heavy atom. The second kappa shape index (κ2) is 6.10. The first kappa shape index (κ1) is 18.7. The lowest BCUT2D eigenvalue weighted by Gasteiger charge is -2.55. The maximum absolute atomic E-state index is 12.6. The smallest absolute Gasteiger partial charge is 0.410 e. The molecule has 4 nitrogen and oxygen atoms in total. The molecule has 5 aliphatic rings. The number of carbonyl (C=O) groups is 1. The molecule has 0 bridgehead atoms. The predicted molar refractivity (Wildman–Crippen MR) is 109 cm³/mol. The number of ether oxygens (including phenoxy) is 1. The molecular formula is C24H35NO3. The summed E-state index contributed by atoms with van der Waals surface area (Å²) in [6.45, 7) is 8.54. The van der Waals surface area contributed by atoms with Gasteiger partial charge in [-0.1, -0.05) is 44.1 Å². The van der Waals surface area contributed by atoms with Crippen molar-refractivity contribution in [1.29, 1.82) is 0 Å². The molecule has 6 atom stereocenters. The molecule has 0 unspecified atom stereocenters. The Kier molecular flexibility index (Phi) is 4.08. The minimum Gasteiger partial charge on any atom is -0.440 e. The van der Waals surface area contributed by atoms with Crippen molar-refractivity contribution in [2.75, 3.05) is 13.1 Å². The molecule has 1 aliphatic heterocycles. The summed E-state index contributed by atoms with van der Waals surface area (Å²) < 4.78 is 6.18. The van der Waals surface area contributed by atoms with Gasteiger partial charge in [0.2, 0.25) is 0 Å². The van der Waals surface area contributed by atoms with Crippen molar-refractivity contribution in [3.05, 3.63) is 23.3 Å². The Hall–Kier alpha value is -1.29. The highest BCUT2D eigenvalue weighted by molar-refractivity contribution is 5.71. The van der Waals surface area contributed by atoms with Crippen LogP contribution in [0.1, 0.15) is 72.1 Å². The van der Waals surface area contributed by atoms with Gasteiger partial charge >= 0.3 is 6.09 Å². The van der Waals surface area contributed by atoms with Crippen LogP contribution in [0.25, 0.3) is 0 Å². The van der Waals surface area contributed by atoms with Crippen molar-refractivity contribution >= 4 is 6.09 Å². The molecule has 28 heavy (non-hydrogen) atoms. The first-order valence-electron chi connectivity index (χ1n) is 11.4. The fraction of sp³-hybridized carbons (Fsp3) is 0.792. The number of amides is 1. The van der Waals surface area contributed by atoms with Crippen molar-refractivity contribution in [3.63, 3.8) is 0 Å². The molecule has 5 rings (SSSR count). The van der Waals surface area contributed by atoms with Gasteiger partial charge < -0.3 is 14.7 Å². The number of fused-ring (bicyclic) bond motifs is 6. The van der Waals surface area contributed by atoms with Gasteiger partial charge in [0.25, 0.3) is 0 Å². The number of allylic oxidation sites excluding steroid dienone is 3. The van der Waals surface area contributed by atoms with Crippen molar-refractivity contribution < 1.29 is 14.6 Å². The number of aliphatic hydroxyl groups is 1. The van der Waals surface area contributed by atoms with E-state index in [-0.39, 0.29) is 28.6 Å². The predicted octanol–water partition coefficient (Wildman–Crippen LogP) is 4.83. The van der Waals surface area contributed by atoms with Crippen LogP contribution in [0.15, 0.2) is 23.3 Å². The van der Waals surface area contributed by atoms with Gasteiger partial charge in [-0.05, 0) is 68.6 Å². The Morgan fingerprint density at radius 2 is 1.93 bits per heavy atom. The molecule has 3 saturated carbocycles. The number of rotatable bonds is 2. The quantitative estimate of drug-likeness (QED) is 0.740. The van der Waals surface area contributed by atoms with Crippen molar-refractivity contribution in [2.24, 2.45) is 22.7 Å². The minimum absolute atomic E-state index is 0.0450. The van der Waals surface area contributed by atoms with E-state index in [0.717, 1.165) is 58.0 Å². The van der Waals surface area contributed by atoms with Crippen LogP contribution < -0.4 is 0 Å². The summed E-state index contributed by atoms with van der Waals surface area (Å²) in [5.74, 6) is 1.11. The van der Waals surface area contributed by atoms with E-state index in [4.69, 9.17) is 4.74 Å². The largest absolute Gasteiger partial charge is 0.440 e. The molecule has 1 spiro atoms. The van der Waals surface area contributed by atoms with Crippen LogP contribution in [-0.4, -0.2) is 40.9 Å². The fourth-order valence-electron chi connectivity index (χ4n) is 7.58.